The lowest BCUT2D eigenvalue weighted by molar-refractivity contribution is -0.124. The minimum Gasteiger partial charge on any atom is -0.300 e. The molecular weight excluding hydrogens is 245 g/mol. The van der Waals surface area contributed by atoms with Crippen LogP contribution in [0, 0.1) is 17.1 Å². The van der Waals surface area contributed by atoms with Crippen LogP contribution in [0.25, 0.3) is 0 Å². The summed E-state index contributed by atoms with van der Waals surface area (Å²) in [6, 6.07) is 6.49. The van der Waals surface area contributed by atoms with Gasteiger partial charge in [0.05, 0.1) is 6.07 Å². The van der Waals surface area contributed by atoms with Gasteiger partial charge in [0.15, 0.2) is 4.75 Å². The molecule has 2 rings (SSSR count). The second-order valence-electron chi connectivity index (χ2n) is 3.93. The molecule has 17 heavy (non-hydrogen) atoms. The van der Waals surface area contributed by atoms with E-state index in [1.54, 1.807) is 6.07 Å². The van der Waals surface area contributed by atoms with Crippen molar-refractivity contribution in [2.24, 2.45) is 0 Å². The summed E-state index contributed by atoms with van der Waals surface area (Å²) in [6.07, 6.45) is -0.722. The average Bonchev–Trinajstić information content (AvgIpc) is 2.24. The number of halogens is 1. The van der Waals surface area contributed by atoms with Crippen LogP contribution in [0.5, 0.6) is 0 Å². The van der Waals surface area contributed by atoms with Crippen molar-refractivity contribution in [3.05, 3.63) is 30.1 Å². The van der Waals surface area contributed by atoms with E-state index in [4.69, 9.17) is 5.26 Å². The predicted molar refractivity (Wildman–Crippen MR) is 56.2 cm³/mol. The van der Waals surface area contributed by atoms with Crippen LogP contribution in [-0.2, 0) is 14.6 Å². The summed E-state index contributed by atoms with van der Waals surface area (Å²) in [4.78, 5) is 10.4. The Morgan fingerprint density at radius 2 is 1.88 bits per heavy atom. The zero-order valence-electron chi connectivity index (χ0n) is 8.68. The van der Waals surface area contributed by atoms with Gasteiger partial charge >= 0.3 is 0 Å². The number of hydrogen-bond donors (Lipinski definition) is 0. The molecule has 6 heteroatoms. The van der Waals surface area contributed by atoms with Gasteiger partial charge in [-0.3, -0.25) is 4.79 Å². The van der Waals surface area contributed by atoms with Crippen LogP contribution in [0.2, 0.25) is 0 Å². The molecule has 0 radical (unpaired) electrons. The maximum atomic E-state index is 13.4. The minimum atomic E-state index is -4.13. The molecular formula is C11H8FNO3S. The van der Waals surface area contributed by atoms with Crippen LogP contribution in [0.1, 0.15) is 12.8 Å². The molecule has 0 aliphatic heterocycles. The van der Waals surface area contributed by atoms with Crippen molar-refractivity contribution in [2.45, 2.75) is 22.5 Å². The van der Waals surface area contributed by atoms with Crippen LogP contribution in [0.15, 0.2) is 29.2 Å². The number of benzene rings is 1. The second-order valence-corrected chi connectivity index (χ2v) is 6.16. The van der Waals surface area contributed by atoms with Crippen LogP contribution in [0.3, 0.4) is 0 Å². The van der Waals surface area contributed by atoms with Crippen molar-refractivity contribution >= 4 is 15.6 Å². The Bertz CT molecular complexity index is 622. The quantitative estimate of drug-likeness (QED) is 0.794. The molecule has 0 aromatic heterocycles. The first kappa shape index (κ1) is 11.7. The van der Waals surface area contributed by atoms with Crippen molar-refractivity contribution in [1.29, 1.82) is 5.26 Å². The molecule has 0 amide bonds. The number of hydrogen-bond acceptors (Lipinski definition) is 4. The number of ketones is 1. The summed E-state index contributed by atoms with van der Waals surface area (Å²) >= 11 is 0. The predicted octanol–water partition coefficient (Wildman–Crippen LogP) is 1.22. The smallest absolute Gasteiger partial charge is 0.201 e. The first-order chi connectivity index (χ1) is 7.93. The highest BCUT2D eigenvalue weighted by Crippen LogP contribution is 2.40. The number of carbonyl (C=O) groups is 1. The highest BCUT2D eigenvalue weighted by atomic mass is 32.2. The number of rotatable bonds is 2. The van der Waals surface area contributed by atoms with Gasteiger partial charge in [0, 0.05) is 12.8 Å². The van der Waals surface area contributed by atoms with Crippen LogP contribution >= 0.6 is 0 Å². The van der Waals surface area contributed by atoms with Crippen molar-refractivity contribution < 1.29 is 17.6 Å². The molecule has 0 spiro atoms. The fraction of sp³-hybridized carbons (Fsp3) is 0.273. The monoisotopic (exact) mass is 253 g/mol. The van der Waals surface area contributed by atoms with Gasteiger partial charge in [0.2, 0.25) is 9.84 Å². The van der Waals surface area contributed by atoms with E-state index in [2.05, 4.69) is 0 Å². The Labute approximate surface area is 97.6 Å². The first-order valence-corrected chi connectivity index (χ1v) is 6.33. The zero-order chi connectivity index (χ0) is 12.7. The van der Waals surface area contributed by atoms with E-state index in [0.717, 1.165) is 12.1 Å². The lowest BCUT2D eigenvalue weighted by Crippen LogP contribution is -2.49. The number of Topliss-reactive ketones (excluding diaryl/α,β-unsaturated/α-hetero) is 1. The van der Waals surface area contributed by atoms with Crippen LogP contribution in [-0.4, -0.2) is 18.9 Å². The highest BCUT2D eigenvalue weighted by Gasteiger charge is 2.55. The first-order valence-electron chi connectivity index (χ1n) is 4.85. The van der Waals surface area contributed by atoms with E-state index in [0.29, 0.717) is 0 Å². The third-order valence-electron chi connectivity index (χ3n) is 2.81. The molecule has 4 nitrogen and oxygen atoms in total. The molecule has 1 fully saturated rings. The van der Waals surface area contributed by atoms with Crippen molar-refractivity contribution in [3.8, 4) is 6.07 Å². The Morgan fingerprint density at radius 3 is 2.35 bits per heavy atom. The van der Waals surface area contributed by atoms with Gasteiger partial charge in [-0.15, -0.1) is 0 Å². The van der Waals surface area contributed by atoms with Gasteiger partial charge in [0.25, 0.3) is 0 Å². The van der Waals surface area contributed by atoms with Crippen molar-refractivity contribution in [1.82, 2.24) is 0 Å². The molecule has 88 valence electrons. The molecule has 1 aliphatic rings. The fourth-order valence-corrected chi connectivity index (χ4v) is 3.61. The number of nitrogens with zero attached hydrogens (tertiary/aromatic N) is 1. The van der Waals surface area contributed by atoms with Gasteiger partial charge < -0.3 is 0 Å². The summed E-state index contributed by atoms with van der Waals surface area (Å²) in [7, 11) is -4.13. The summed E-state index contributed by atoms with van der Waals surface area (Å²) in [6.45, 7) is 0. The molecule has 0 N–H and O–H groups in total. The number of nitriles is 1. The van der Waals surface area contributed by atoms with E-state index in [1.807, 2.05) is 0 Å². The second kappa shape index (κ2) is 3.64. The third kappa shape index (κ3) is 1.54. The average molecular weight is 253 g/mol. The van der Waals surface area contributed by atoms with Gasteiger partial charge in [-0.1, -0.05) is 12.1 Å². The van der Waals surface area contributed by atoms with E-state index in [1.165, 1.54) is 12.1 Å². The number of sulfone groups is 1. The third-order valence-corrected chi connectivity index (χ3v) is 5.13. The van der Waals surface area contributed by atoms with Gasteiger partial charge in [-0.2, -0.15) is 5.26 Å². The topological polar surface area (TPSA) is 75.0 Å². The Kier molecular flexibility index (Phi) is 2.51. The lowest BCUT2D eigenvalue weighted by atomic mass is 9.84. The molecule has 1 saturated carbocycles. The van der Waals surface area contributed by atoms with Crippen molar-refractivity contribution in [2.75, 3.05) is 0 Å². The van der Waals surface area contributed by atoms with E-state index >= 15 is 0 Å². The Balaban J connectivity index is 2.56. The molecule has 0 atom stereocenters. The molecule has 1 aromatic carbocycles. The zero-order valence-corrected chi connectivity index (χ0v) is 9.50. The van der Waals surface area contributed by atoms with E-state index in [9.17, 15) is 17.6 Å². The van der Waals surface area contributed by atoms with Gasteiger partial charge in [-0.05, 0) is 12.1 Å². The molecule has 0 saturated heterocycles. The SMILES string of the molecule is N#CC1(S(=O)(=O)c2ccccc2F)CC(=O)C1. The van der Waals surface area contributed by atoms with Gasteiger partial charge in [0.1, 0.15) is 16.5 Å². The van der Waals surface area contributed by atoms with Crippen molar-refractivity contribution in [3.63, 3.8) is 0 Å². The molecule has 0 heterocycles. The maximum Gasteiger partial charge on any atom is 0.201 e. The molecule has 0 bridgehead atoms. The normalized spacial score (nSPS) is 18.2. The summed E-state index contributed by atoms with van der Waals surface area (Å²) in [5, 5.41) is 8.94. The fourth-order valence-electron chi connectivity index (χ4n) is 1.79. The molecule has 0 unspecified atom stereocenters. The maximum absolute atomic E-state index is 13.4. The number of carbonyl (C=O) groups excluding carboxylic acids is 1. The van der Waals surface area contributed by atoms with E-state index < -0.39 is 25.3 Å². The van der Waals surface area contributed by atoms with Crippen LogP contribution < -0.4 is 0 Å². The standard InChI is InChI=1S/C11H8FNO3S/c12-9-3-1-2-4-10(9)17(15,16)11(7-13)5-8(14)6-11/h1-4H,5-6H2. The molecule has 1 aliphatic carbocycles. The minimum absolute atomic E-state index is 0.300. The van der Waals surface area contributed by atoms with Gasteiger partial charge in [-0.25, -0.2) is 12.8 Å². The Hall–Kier alpha value is -1.74. The van der Waals surface area contributed by atoms with E-state index in [-0.39, 0.29) is 18.6 Å². The summed E-state index contributed by atoms with van der Waals surface area (Å²) < 4.78 is 35.9. The van der Waals surface area contributed by atoms with Crippen LogP contribution in [0.4, 0.5) is 4.39 Å². The Morgan fingerprint density at radius 1 is 1.29 bits per heavy atom. The molecule has 1 aromatic rings. The highest BCUT2D eigenvalue weighted by molar-refractivity contribution is 7.93. The largest absolute Gasteiger partial charge is 0.300 e. The summed E-state index contributed by atoms with van der Waals surface area (Å²) in [5.41, 5.74) is 0. The lowest BCUT2D eigenvalue weighted by Gasteiger charge is -2.32. The summed E-state index contributed by atoms with van der Waals surface area (Å²) in [5.74, 6) is -1.20.